The number of nitrogens with zero attached hydrogens (tertiary/aromatic N) is 1. The average Bonchev–Trinajstić information content (AvgIpc) is 3.27. The quantitative estimate of drug-likeness (QED) is 0.871. The number of halogens is 2. The number of nitrogens with one attached hydrogen (secondary N) is 1. The van der Waals surface area contributed by atoms with Crippen molar-refractivity contribution in [3.63, 3.8) is 0 Å². The van der Waals surface area contributed by atoms with Crippen LogP contribution in [0.1, 0.15) is 23.2 Å². The highest BCUT2D eigenvalue weighted by Gasteiger charge is 2.42. The predicted molar refractivity (Wildman–Crippen MR) is 82.1 cm³/mol. The molecule has 1 saturated heterocycles. The van der Waals surface area contributed by atoms with Gasteiger partial charge in [-0.1, -0.05) is 0 Å². The summed E-state index contributed by atoms with van der Waals surface area (Å²) in [6.07, 6.45) is 2.39. The summed E-state index contributed by atoms with van der Waals surface area (Å²) in [6.45, 7) is 3.17. The van der Waals surface area contributed by atoms with E-state index in [4.69, 9.17) is 4.74 Å². The zero-order valence-corrected chi connectivity index (χ0v) is 13.2. The van der Waals surface area contributed by atoms with Crippen molar-refractivity contribution in [3.05, 3.63) is 35.4 Å². The number of hydrogen-bond acceptors (Lipinski definition) is 3. The molecule has 1 amide bonds. The molecule has 2 atom stereocenters. The smallest absolute Gasteiger partial charge is 0.254 e. The predicted octanol–water partition coefficient (Wildman–Crippen LogP) is 2.05. The summed E-state index contributed by atoms with van der Waals surface area (Å²) >= 11 is 0. The molecule has 1 N–H and O–H groups in total. The number of hydrogen-bond donors (Lipinski definition) is 1. The Hall–Kier alpha value is -1.53. The second-order valence-electron chi connectivity index (χ2n) is 6.46. The van der Waals surface area contributed by atoms with E-state index >= 15 is 0 Å². The second-order valence-corrected chi connectivity index (χ2v) is 6.46. The van der Waals surface area contributed by atoms with Gasteiger partial charge in [0.25, 0.3) is 5.91 Å². The van der Waals surface area contributed by atoms with Gasteiger partial charge in [0.05, 0.1) is 12.2 Å². The molecule has 2 fully saturated rings. The van der Waals surface area contributed by atoms with Crippen molar-refractivity contribution in [2.24, 2.45) is 11.8 Å². The molecule has 1 heterocycles. The second kappa shape index (κ2) is 6.93. The van der Waals surface area contributed by atoms with Gasteiger partial charge >= 0.3 is 0 Å². The maximum absolute atomic E-state index is 13.8. The highest BCUT2D eigenvalue weighted by molar-refractivity contribution is 5.94. The van der Waals surface area contributed by atoms with Crippen LogP contribution < -0.4 is 5.32 Å². The first-order chi connectivity index (χ1) is 11.1. The van der Waals surface area contributed by atoms with E-state index in [1.54, 1.807) is 7.11 Å². The van der Waals surface area contributed by atoms with Crippen LogP contribution in [0.4, 0.5) is 8.78 Å². The van der Waals surface area contributed by atoms with E-state index in [0.717, 1.165) is 31.8 Å². The summed E-state index contributed by atoms with van der Waals surface area (Å²) in [6, 6.07) is 3.06. The minimum absolute atomic E-state index is 0.0105. The molecule has 23 heavy (non-hydrogen) atoms. The molecule has 1 aliphatic carbocycles. The van der Waals surface area contributed by atoms with Crippen molar-refractivity contribution >= 4 is 5.91 Å². The van der Waals surface area contributed by atoms with Crippen LogP contribution in [0.15, 0.2) is 18.2 Å². The Morgan fingerprint density at radius 2 is 2.13 bits per heavy atom. The van der Waals surface area contributed by atoms with Crippen molar-refractivity contribution in [2.45, 2.75) is 18.9 Å². The molecule has 6 heteroatoms. The van der Waals surface area contributed by atoms with Gasteiger partial charge in [-0.15, -0.1) is 0 Å². The van der Waals surface area contributed by atoms with Crippen molar-refractivity contribution in [2.75, 3.05) is 33.4 Å². The SMILES string of the molecule is COCCN1C[C@@H](NC(=O)c2ccc(F)cc2F)[C@H](C2CC2)C1. The Morgan fingerprint density at radius 3 is 2.78 bits per heavy atom. The van der Waals surface area contributed by atoms with Crippen LogP contribution in [0.5, 0.6) is 0 Å². The minimum atomic E-state index is -0.820. The molecule has 1 saturated carbocycles. The fourth-order valence-electron chi connectivity index (χ4n) is 3.39. The first-order valence-electron chi connectivity index (χ1n) is 8.05. The van der Waals surface area contributed by atoms with Crippen LogP contribution in [0, 0.1) is 23.5 Å². The van der Waals surface area contributed by atoms with Crippen LogP contribution in [-0.4, -0.2) is 50.2 Å². The number of likely N-dealkylation sites (tertiary alicyclic amines) is 1. The number of ether oxygens (including phenoxy) is 1. The van der Waals surface area contributed by atoms with E-state index < -0.39 is 17.5 Å². The van der Waals surface area contributed by atoms with Gasteiger partial charge < -0.3 is 10.1 Å². The van der Waals surface area contributed by atoms with E-state index in [-0.39, 0.29) is 11.6 Å². The van der Waals surface area contributed by atoms with Gasteiger partial charge in [-0.25, -0.2) is 8.78 Å². The molecule has 126 valence electrons. The van der Waals surface area contributed by atoms with Crippen molar-refractivity contribution in [1.29, 1.82) is 0 Å². The Balaban J connectivity index is 1.66. The first-order valence-corrected chi connectivity index (χ1v) is 8.05. The molecule has 1 aliphatic heterocycles. The Morgan fingerprint density at radius 1 is 1.35 bits per heavy atom. The Bertz CT molecular complexity index is 578. The summed E-state index contributed by atoms with van der Waals surface area (Å²) in [5.74, 6) is -0.918. The molecule has 4 nitrogen and oxygen atoms in total. The molecular weight excluding hydrogens is 302 g/mol. The third-order valence-electron chi connectivity index (χ3n) is 4.77. The van der Waals surface area contributed by atoms with Crippen LogP contribution >= 0.6 is 0 Å². The number of carbonyl (C=O) groups is 1. The summed E-state index contributed by atoms with van der Waals surface area (Å²) in [4.78, 5) is 14.6. The summed E-state index contributed by atoms with van der Waals surface area (Å²) in [5.41, 5.74) is -0.101. The first kappa shape index (κ1) is 16.3. The Kier molecular flexibility index (Phi) is 4.92. The summed E-state index contributed by atoms with van der Waals surface area (Å²) in [7, 11) is 1.67. The normalized spacial score (nSPS) is 24.8. The fraction of sp³-hybridized carbons (Fsp3) is 0.588. The minimum Gasteiger partial charge on any atom is -0.383 e. The lowest BCUT2D eigenvalue weighted by molar-refractivity contribution is 0.0923. The molecule has 0 bridgehead atoms. The van der Waals surface area contributed by atoms with Gasteiger partial charge in [-0.3, -0.25) is 9.69 Å². The average molecular weight is 324 g/mol. The summed E-state index contributed by atoms with van der Waals surface area (Å²) in [5, 5.41) is 2.95. The number of amides is 1. The van der Waals surface area contributed by atoms with Crippen molar-refractivity contribution in [1.82, 2.24) is 10.2 Å². The van der Waals surface area contributed by atoms with E-state index in [1.807, 2.05) is 0 Å². The van der Waals surface area contributed by atoms with Crippen LogP contribution in [0.2, 0.25) is 0 Å². The lowest BCUT2D eigenvalue weighted by atomic mass is 9.98. The van der Waals surface area contributed by atoms with Gasteiger partial charge in [0.1, 0.15) is 11.6 Å². The van der Waals surface area contributed by atoms with Gasteiger partial charge in [0.15, 0.2) is 0 Å². The molecule has 1 aromatic rings. The molecule has 1 aromatic carbocycles. The highest BCUT2D eigenvalue weighted by atomic mass is 19.1. The van der Waals surface area contributed by atoms with E-state index in [2.05, 4.69) is 10.2 Å². The van der Waals surface area contributed by atoms with Crippen molar-refractivity contribution in [3.8, 4) is 0 Å². The van der Waals surface area contributed by atoms with E-state index in [9.17, 15) is 13.6 Å². The summed E-state index contributed by atoms with van der Waals surface area (Å²) < 4.78 is 31.8. The van der Waals surface area contributed by atoms with Crippen LogP contribution in [-0.2, 0) is 4.74 Å². The molecule has 3 rings (SSSR count). The number of rotatable bonds is 6. The topological polar surface area (TPSA) is 41.6 Å². The molecule has 0 spiro atoms. The molecule has 0 radical (unpaired) electrons. The molecule has 0 unspecified atom stereocenters. The monoisotopic (exact) mass is 324 g/mol. The number of methoxy groups -OCH3 is 1. The molecule has 0 aromatic heterocycles. The van der Waals surface area contributed by atoms with Gasteiger partial charge in [0.2, 0.25) is 0 Å². The van der Waals surface area contributed by atoms with E-state index in [0.29, 0.717) is 18.4 Å². The Labute approximate surface area is 134 Å². The highest BCUT2D eigenvalue weighted by Crippen LogP contribution is 2.41. The lowest BCUT2D eigenvalue weighted by Crippen LogP contribution is -2.41. The zero-order chi connectivity index (χ0) is 16.4. The lowest BCUT2D eigenvalue weighted by Gasteiger charge is -2.19. The molecule has 2 aliphatic rings. The third-order valence-corrected chi connectivity index (χ3v) is 4.77. The zero-order valence-electron chi connectivity index (χ0n) is 13.2. The van der Waals surface area contributed by atoms with Gasteiger partial charge in [-0.2, -0.15) is 0 Å². The van der Waals surface area contributed by atoms with Gasteiger partial charge in [-0.05, 0) is 36.8 Å². The van der Waals surface area contributed by atoms with Crippen molar-refractivity contribution < 1.29 is 18.3 Å². The maximum Gasteiger partial charge on any atom is 0.254 e. The van der Waals surface area contributed by atoms with E-state index in [1.165, 1.54) is 18.9 Å². The van der Waals surface area contributed by atoms with Crippen LogP contribution in [0.3, 0.4) is 0 Å². The van der Waals surface area contributed by atoms with Crippen LogP contribution in [0.25, 0.3) is 0 Å². The maximum atomic E-state index is 13.8. The number of carbonyl (C=O) groups excluding carboxylic acids is 1. The standard InChI is InChI=1S/C17H22F2N2O2/c1-23-7-6-21-9-14(11-2-3-11)16(10-21)20-17(22)13-5-4-12(18)8-15(13)19/h4-5,8,11,14,16H,2-3,6-7,9-10H2,1H3,(H,20,22)/t14-,16+/m0/s1. The fourth-order valence-corrected chi connectivity index (χ4v) is 3.39. The van der Waals surface area contributed by atoms with Gasteiger partial charge in [0, 0.05) is 38.9 Å². The third kappa shape index (κ3) is 3.87. The number of benzene rings is 1. The largest absolute Gasteiger partial charge is 0.383 e. The molecular formula is C17H22F2N2O2.